The molecule has 18 heavy (non-hydrogen) atoms. The highest BCUT2D eigenvalue weighted by atomic mass is 79.9. The molecule has 0 N–H and O–H groups in total. The minimum absolute atomic E-state index is 0.377. The molecule has 2 fully saturated rings. The predicted octanol–water partition coefficient (Wildman–Crippen LogP) is 3.98. The molecular weight excluding hydrogens is 290 g/mol. The number of likely N-dealkylation sites (tertiary alicyclic amines) is 1. The Bertz CT molecular complexity index is 286. The van der Waals surface area contributed by atoms with Crippen LogP contribution in [0.4, 0.5) is 0 Å². The minimum Gasteiger partial charge on any atom is -0.342 e. The zero-order valence-electron chi connectivity index (χ0n) is 11.6. The Balaban J connectivity index is 1.96. The Morgan fingerprint density at radius 3 is 2.67 bits per heavy atom. The topological polar surface area (TPSA) is 20.3 Å². The Hall–Kier alpha value is -0.0500. The standard InChI is InChI=1S/C15H26BrNO/c1-2-13-5-6-14(18)17(10-7-13)12-15(11-16)8-3-4-9-15/h13H,2-12H2,1H3. The van der Waals surface area contributed by atoms with Gasteiger partial charge in [0.1, 0.15) is 0 Å². The van der Waals surface area contributed by atoms with E-state index < -0.39 is 0 Å². The summed E-state index contributed by atoms with van der Waals surface area (Å²) in [6.07, 6.45) is 9.57. The molecule has 1 unspecified atom stereocenters. The molecule has 1 saturated heterocycles. The maximum Gasteiger partial charge on any atom is 0.222 e. The third-order valence-corrected chi connectivity index (χ3v) is 6.17. The van der Waals surface area contributed by atoms with Crippen LogP contribution in [0.15, 0.2) is 0 Å². The summed E-state index contributed by atoms with van der Waals surface area (Å²) in [5, 5.41) is 1.06. The van der Waals surface area contributed by atoms with Crippen molar-refractivity contribution in [2.45, 2.75) is 58.3 Å². The van der Waals surface area contributed by atoms with Crippen LogP contribution in [0.25, 0.3) is 0 Å². The molecule has 0 spiro atoms. The lowest BCUT2D eigenvalue weighted by atomic mass is 9.88. The molecule has 0 aromatic heterocycles. The van der Waals surface area contributed by atoms with Crippen molar-refractivity contribution in [2.24, 2.45) is 11.3 Å². The summed E-state index contributed by atoms with van der Waals surface area (Å²) >= 11 is 3.69. The van der Waals surface area contributed by atoms with Gasteiger partial charge in [0.05, 0.1) is 0 Å². The summed E-state index contributed by atoms with van der Waals surface area (Å²) in [6.45, 7) is 4.24. The molecule has 0 radical (unpaired) electrons. The fraction of sp³-hybridized carbons (Fsp3) is 0.933. The van der Waals surface area contributed by atoms with Gasteiger partial charge in [-0.3, -0.25) is 4.79 Å². The van der Waals surface area contributed by atoms with Crippen molar-refractivity contribution in [1.29, 1.82) is 0 Å². The summed E-state index contributed by atoms with van der Waals surface area (Å²) in [5.41, 5.74) is 0.377. The summed E-state index contributed by atoms with van der Waals surface area (Å²) in [4.78, 5) is 14.4. The van der Waals surface area contributed by atoms with E-state index in [1.54, 1.807) is 0 Å². The SMILES string of the molecule is CCC1CCC(=O)N(CC2(CBr)CCCC2)CC1. The molecule has 1 aliphatic heterocycles. The first-order valence-corrected chi connectivity index (χ1v) is 8.65. The van der Waals surface area contributed by atoms with Crippen LogP contribution in [0.1, 0.15) is 58.3 Å². The Labute approximate surface area is 120 Å². The van der Waals surface area contributed by atoms with Crippen molar-refractivity contribution < 1.29 is 4.79 Å². The molecular formula is C15H26BrNO. The maximum atomic E-state index is 12.2. The van der Waals surface area contributed by atoms with Crippen molar-refractivity contribution in [3.8, 4) is 0 Å². The number of halogens is 1. The summed E-state index contributed by atoms with van der Waals surface area (Å²) < 4.78 is 0. The molecule has 0 aromatic rings. The second-order valence-electron chi connectivity index (χ2n) is 6.26. The van der Waals surface area contributed by atoms with E-state index in [1.807, 2.05) is 0 Å². The molecule has 1 aliphatic carbocycles. The maximum absolute atomic E-state index is 12.2. The summed E-state index contributed by atoms with van der Waals surface area (Å²) in [6, 6.07) is 0. The first kappa shape index (κ1) is 14.4. The monoisotopic (exact) mass is 315 g/mol. The second-order valence-corrected chi connectivity index (χ2v) is 6.82. The number of nitrogens with zero attached hydrogens (tertiary/aromatic N) is 1. The molecule has 0 aromatic carbocycles. The number of amides is 1. The number of hydrogen-bond acceptors (Lipinski definition) is 1. The number of hydrogen-bond donors (Lipinski definition) is 0. The smallest absolute Gasteiger partial charge is 0.222 e. The minimum atomic E-state index is 0.377. The Morgan fingerprint density at radius 1 is 1.33 bits per heavy atom. The zero-order chi connectivity index (χ0) is 13.0. The van der Waals surface area contributed by atoms with Crippen molar-refractivity contribution in [2.75, 3.05) is 18.4 Å². The van der Waals surface area contributed by atoms with Gasteiger partial charge in [-0.25, -0.2) is 0 Å². The average Bonchev–Trinajstić information content (AvgIpc) is 2.79. The highest BCUT2D eigenvalue weighted by molar-refractivity contribution is 9.09. The van der Waals surface area contributed by atoms with Crippen LogP contribution in [0.3, 0.4) is 0 Å². The van der Waals surface area contributed by atoms with Gasteiger partial charge in [-0.15, -0.1) is 0 Å². The Kier molecular flexibility index (Phi) is 5.11. The third kappa shape index (κ3) is 3.28. The fourth-order valence-corrected chi connectivity index (χ4v) is 4.27. The summed E-state index contributed by atoms with van der Waals surface area (Å²) in [7, 11) is 0. The van der Waals surface area contributed by atoms with E-state index in [9.17, 15) is 4.79 Å². The lowest BCUT2D eigenvalue weighted by Gasteiger charge is -2.33. The van der Waals surface area contributed by atoms with E-state index in [2.05, 4.69) is 27.8 Å². The van der Waals surface area contributed by atoms with Gasteiger partial charge in [0, 0.05) is 24.8 Å². The average molecular weight is 316 g/mol. The largest absolute Gasteiger partial charge is 0.342 e. The molecule has 104 valence electrons. The van der Waals surface area contributed by atoms with Crippen molar-refractivity contribution in [1.82, 2.24) is 4.90 Å². The normalized spacial score (nSPS) is 28.4. The number of carbonyl (C=O) groups is 1. The van der Waals surface area contributed by atoms with Gasteiger partial charge in [0.15, 0.2) is 0 Å². The van der Waals surface area contributed by atoms with E-state index in [1.165, 1.54) is 38.5 Å². The van der Waals surface area contributed by atoms with Crippen LogP contribution in [-0.4, -0.2) is 29.2 Å². The first-order valence-electron chi connectivity index (χ1n) is 7.53. The van der Waals surface area contributed by atoms with Crippen molar-refractivity contribution in [3.63, 3.8) is 0 Å². The molecule has 0 bridgehead atoms. The van der Waals surface area contributed by atoms with E-state index in [-0.39, 0.29) is 0 Å². The molecule has 2 aliphatic rings. The van der Waals surface area contributed by atoms with Crippen LogP contribution in [0, 0.1) is 11.3 Å². The number of rotatable bonds is 4. The third-order valence-electron chi connectivity index (χ3n) is 4.98. The summed E-state index contributed by atoms with van der Waals surface area (Å²) in [5.74, 6) is 1.17. The molecule has 1 amide bonds. The van der Waals surface area contributed by atoms with Crippen LogP contribution >= 0.6 is 15.9 Å². The highest BCUT2D eigenvalue weighted by Gasteiger charge is 2.36. The van der Waals surface area contributed by atoms with Gasteiger partial charge >= 0.3 is 0 Å². The molecule has 1 heterocycles. The van der Waals surface area contributed by atoms with Crippen LogP contribution in [0.5, 0.6) is 0 Å². The van der Waals surface area contributed by atoms with Crippen LogP contribution < -0.4 is 0 Å². The van der Waals surface area contributed by atoms with Gasteiger partial charge in [-0.05, 0) is 37.0 Å². The quantitative estimate of drug-likeness (QED) is 0.718. The van der Waals surface area contributed by atoms with Gasteiger partial charge in [0.2, 0.25) is 5.91 Å². The van der Waals surface area contributed by atoms with E-state index >= 15 is 0 Å². The second kappa shape index (κ2) is 6.40. The highest BCUT2D eigenvalue weighted by Crippen LogP contribution is 2.40. The first-order chi connectivity index (χ1) is 8.69. The lowest BCUT2D eigenvalue weighted by Crippen LogP contribution is -2.40. The van der Waals surface area contributed by atoms with Crippen molar-refractivity contribution in [3.05, 3.63) is 0 Å². The van der Waals surface area contributed by atoms with Gasteiger partial charge in [-0.2, -0.15) is 0 Å². The van der Waals surface area contributed by atoms with Crippen molar-refractivity contribution >= 4 is 21.8 Å². The lowest BCUT2D eigenvalue weighted by molar-refractivity contribution is -0.132. The Morgan fingerprint density at radius 2 is 2.06 bits per heavy atom. The van der Waals surface area contributed by atoms with Gasteiger partial charge in [-0.1, -0.05) is 42.1 Å². The molecule has 2 nitrogen and oxygen atoms in total. The van der Waals surface area contributed by atoms with Gasteiger partial charge in [0.25, 0.3) is 0 Å². The van der Waals surface area contributed by atoms with Crippen LogP contribution in [0.2, 0.25) is 0 Å². The molecule has 2 rings (SSSR count). The predicted molar refractivity (Wildman–Crippen MR) is 78.9 cm³/mol. The van der Waals surface area contributed by atoms with Gasteiger partial charge < -0.3 is 4.90 Å². The molecule has 1 saturated carbocycles. The van der Waals surface area contributed by atoms with E-state index in [0.29, 0.717) is 11.3 Å². The molecule has 1 atom stereocenters. The van der Waals surface area contributed by atoms with E-state index in [0.717, 1.165) is 37.2 Å². The molecule has 3 heteroatoms. The number of carbonyl (C=O) groups excluding carboxylic acids is 1. The van der Waals surface area contributed by atoms with E-state index in [4.69, 9.17) is 0 Å². The zero-order valence-corrected chi connectivity index (χ0v) is 13.2. The van der Waals surface area contributed by atoms with Crippen LogP contribution in [-0.2, 0) is 4.79 Å². The number of alkyl halides is 1. The fourth-order valence-electron chi connectivity index (χ4n) is 3.53.